The van der Waals surface area contributed by atoms with Crippen LogP contribution in [0.15, 0.2) is 67.3 Å². The van der Waals surface area contributed by atoms with Crippen molar-refractivity contribution in [1.29, 1.82) is 0 Å². The summed E-state index contributed by atoms with van der Waals surface area (Å²) in [6.45, 7) is 1.38. The predicted octanol–water partition coefficient (Wildman–Crippen LogP) is 5.13. The first-order valence-electron chi connectivity index (χ1n) is 9.60. The normalized spacial score (nSPS) is 10.2. The van der Waals surface area contributed by atoms with E-state index < -0.39 is 0 Å². The summed E-state index contributed by atoms with van der Waals surface area (Å²) in [5.74, 6) is 7.13. The Kier molecular flexibility index (Phi) is 6.44. The van der Waals surface area contributed by atoms with E-state index in [1.807, 2.05) is 24.3 Å². The van der Waals surface area contributed by atoms with Gasteiger partial charge in [0.05, 0.1) is 16.7 Å². The number of halogens is 1. The number of rotatable bonds is 5. The molecular weight excluding hydrogens is 428 g/mol. The van der Waals surface area contributed by atoms with E-state index in [0.29, 0.717) is 22.3 Å². The second-order valence-corrected chi connectivity index (χ2v) is 7.00. The third kappa shape index (κ3) is 5.31. The van der Waals surface area contributed by atoms with Crippen LogP contribution in [0.5, 0.6) is 11.5 Å². The number of carbonyl (C=O) groups is 1. The van der Waals surface area contributed by atoms with Gasteiger partial charge in [-0.15, -0.1) is 0 Å². The second kappa shape index (κ2) is 9.77. The summed E-state index contributed by atoms with van der Waals surface area (Å²) in [6.07, 6.45) is 4.77. The smallest absolute Gasteiger partial charge is 0.303 e. The largest absolute Gasteiger partial charge is 0.454 e. The van der Waals surface area contributed by atoms with Crippen molar-refractivity contribution >= 4 is 40.0 Å². The molecule has 4 aromatic rings. The highest BCUT2D eigenvalue weighted by molar-refractivity contribution is 6.32. The molecular formula is C24H17ClN4O3. The van der Waals surface area contributed by atoms with Crippen LogP contribution in [0, 0.1) is 11.8 Å². The summed E-state index contributed by atoms with van der Waals surface area (Å²) in [6, 6.07) is 14.5. The standard InChI is InChI=1S/C24H17ClN4O3/c1-16(30)31-11-3-4-17-6-8-22-20(12-17)24(28-15-27-22)29-18-7-9-23(21(25)13-18)32-19-5-2-10-26-14-19/h2,5-10,12-15H,11H2,1H3,(H,27,28,29). The number of fused-ring (bicyclic) bond motifs is 1. The number of pyridine rings is 1. The third-order valence-corrected chi connectivity index (χ3v) is 4.57. The SMILES string of the molecule is CC(=O)OCC#Cc1ccc2ncnc(Nc3ccc(Oc4cccnc4)c(Cl)c3)c2c1. The molecule has 0 amide bonds. The van der Waals surface area contributed by atoms with E-state index >= 15 is 0 Å². The molecule has 0 atom stereocenters. The number of carbonyl (C=O) groups excluding carboxylic acids is 1. The van der Waals surface area contributed by atoms with Crippen LogP contribution in [0.3, 0.4) is 0 Å². The minimum absolute atomic E-state index is 0.0374. The second-order valence-electron chi connectivity index (χ2n) is 6.60. The zero-order valence-corrected chi connectivity index (χ0v) is 17.8. The maximum Gasteiger partial charge on any atom is 0.303 e. The van der Waals surface area contributed by atoms with Crippen LogP contribution >= 0.6 is 11.6 Å². The lowest BCUT2D eigenvalue weighted by Gasteiger charge is -2.11. The monoisotopic (exact) mass is 444 g/mol. The molecule has 8 heteroatoms. The molecule has 0 fully saturated rings. The number of nitrogens with zero attached hydrogens (tertiary/aromatic N) is 3. The molecule has 0 aliphatic heterocycles. The molecule has 4 rings (SSSR count). The Morgan fingerprint density at radius 2 is 2.06 bits per heavy atom. The molecule has 32 heavy (non-hydrogen) atoms. The minimum atomic E-state index is -0.367. The number of esters is 1. The minimum Gasteiger partial charge on any atom is -0.454 e. The lowest BCUT2D eigenvalue weighted by atomic mass is 10.1. The maximum atomic E-state index is 10.8. The van der Waals surface area contributed by atoms with Crippen LogP contribution in [0.25, 0.3) is 10.9 Å². The lowest BCUT2D eigenvalue weighted by molar-refractivity contribution is -0.139. The van der Waals surface area contributed by atoms with E-state index in [1.54, 1.807) is 36.7 Å². The number of benzene rings is 2. The highest BCUT2D eigenvalue weighted by Gasteiger charge is 2.08. The Morgan fingerprint density at radius 3 is 2.84 bits per heavy atom. The number of hydrogen-bond acceptors (Lipinski definition) is 7. The van der Waals surface area contributed by atoms with Crippen molar-refractivity contribution in [2.45, 2.75) is 6.92 Å². The molecule has 0 spiro atoms. The third-order valence-electron chi connectivity index (χ3n) is 4.27. The number of aromatic nitrogens is 3. The van der Waals surface area contributed by atoms with Gasteiger partial charge in [-0.2, -0.15) is 0 Å². The molecule has 0 unspecified atom stereocenters. The van der Waals surface area contributed by atoms with Crippen molar-refractivity contribution in [3.63, 3.8) is 0 Å². The Balaban J connectivity index is 1.56. The Hall–Kier alpha value is -4.15. The zero-order valence-electron chi connectivity index (χ0n) is 17.0. The number of ether oxygens (including phenoxy) is 2. The number of nitrogens with one attached hydrogen (secondary N) is 1. The lowest BCUT2D eigenvalue weighted by Crippen LogP contribution is -1.98. The van der Waals surface area contributed by atoms with Gasteiger partial charge in [0.15, 0.2) is 6.61 Å². The molecule has 0 radical (unpaired) electrons. The Bertz CT molecular complexity index is 1330. The van der Waals surface area contributed by atoms with Gasteiger partial charge >= 0.3 is 5.97 Å². The van der Waals surface area contributed by atoms with Crippen molar-refractivity contribution < 1.29 is 14.3 Å². The molecule has 2 aromatic carbocycles. The van der Waals surface area contributed by atoms with Crippen LogP contribution in [0.4, 0.5) is 11.5 Å². The molecule has 0 saturated heterocycles. The van der Waals surface area contributed by atoms with Crippen LogP contribution in [-0.4, -0.2) is 27.5 Å². The van der Waals surface area contributed by atoms with Gasteiger partial charge in [-0.05, 0) is 48.5 Å². The summed E-state index contributed by atoms with van der Waals surface area (Å²) in [4.78, 5) is 23.5. The van der Waals surface area contributed by atoms with Gasteiger partial charge in [-0.3, -0.25) is 9.78 Å². The van der Waals surface area contributed by atoms with Gasteiger partial charge < -0.3 is 14.8 Å². The van der Waals surface area contributed by atoms with Gasteiger partial charge in [0, 0.05) is 29.8 Å². The van der Waals surface area contributed by atoms with Crippen molar-refractivity contribution in [1.82, 2.24) is 15.0 Å². The van der Waals surface area contributed by atoms with E-state index in [1.165, 1.54) is 13.3 Å². The summed E-state index contributed by atoms with van der Waals surface area (Å²) in [7, 11) is 0. The van der Waals surface area contributed by atoms with Gasteiger partial charge in [-0.25, -0.2) is 9.97 Å². The molecule has 0 bridgehead atoms. The Morgan fingerprint density at radius 1 is 1.16 bits per heavy atom. The quantitative estimate of drug-likeness (QED) is 0.337. The molecule has 2 aromatic heterocycles. The maximum absolute atomic E-state index is 10.8. The van der Waals surface area contributed by atoms with Gasteiger partial charge in [0.1, 0.15) is 23.6 Å². The van der Waals surface area contributed by atoms with Crippen molar-refractivity contribution in [2.24, 2.45) is 0 Å². The van der Waals surface area contributed by atoms with E-state index in [2.05, 4.69) is 32.1 Å². The number of anilines is 2. The van der Waals surface area contributed by atoms with Crippen molar-refractivity contribution in [3.05, 3.63) is 77.8 Å². The molecule has 7 nitrogen and oxygen atoms in total. The molecule has 0 aliphatic carbocycles. The Labute approximate surface area is 189 Å². The summed E-state index contributed by atoms with van der Waals surface area (Å²) < 4.78 is 10.6. The first-order valence-corrected chi connectivity index (χ1v) is 9.98. The van der Waals surface area contributed by atoms with Gasteiger partial charge in [-0.1, -0.05) is 23.4 Å². The fourth-order valence-electron chi connectivity index (χ4n) is 2.84. The van der Waals surface area contributed by atoms with Gasteiger partial charge in [0.2, 0.25) is 0 Å². The predicted molar refractivity (Wildman–Crippen MR) is 122 cm³/mol. The van der Waals surface area contributed by atoms with Crippen LogP contribution < -0.4 is 10.1 Å². The molecule has 0 aliphatic rings. The zero-order chi connectivity index (χ0) is 22.3. The van der Waals surface area contributed by atoms with E-state index in [-0.39, 0.29) is 12.6 Å². The first-order chi connectivity index (χ1) is 15.6. The molecule has 1 N–H and O–H groups in total. The van der Waals surface area contributed by atoms with Gasteiger partial charge in [0.25, 0.3) is 0 Å². The van der Waals surface area contributed by atoms with E-state index in [4.69, 9.17) is 21.1 Å². The van der Waals surface area contributed by atoms with E-state index in [9.17, 15) is 4.79 Å². The molecule has 158 valence electrons. The fourth-order valence-corrected chi connectivity index (χ4v) is 3.06. The summed E-state index contributed by atoms with van der Waals surface area (Å²) in [5.41, 5.74) is 2.25. The average Bonchev–Trinajstić information content (AvgIpc) is 2.79. The summed E-state index contributed by atoms with van der Waals surface area (Å²) in [5, 5.41) is 4.50. The van der Waals surface area contributed by atoms with Crippen LogP contribution in [0.2, 0.25) is 5.02 Å². The van der Waals surface area contributed by atoms with Crippen molar-refractivity contribution in [3.8, 4) is 23.3 Å². The topological polar surface area (TPSA) is 86.2 Å². The molecule has 2 heterocycles. The van der Waals surface area contributed by atoms with Crippen LogP contribution in [0.1, 0.15) is 12.5 Å². The average molecular weight is 445 g/mol. The highest BCUT2D eigenvalue weighted by Crippen LogP contribution is 2.33. The molecule has 0 saturated carbocycles. The van der Waals surface area contributed by atoms with Crippen molar-refractivity contribution in [2.75, 3.05) is 11.9 Å². The van der Waals surface area contributed by atoms with Crippen LogP contribution in [-0.2, 0) is 9.53 Å². The fraction of sp³-hybridized carbons (Fsp3) is 0.0833. The van der Waals surface area contributed by atoms with E-state index in [0.717, 1.165) is 22.2 Å². The first kappa shape index (κ1) is 21.1. The highest BCUT2D eigenvalue weighted by atomic mass is 35.5. The summed E-state index contributed by atoms with van der Waals surface area (Å²) >= 11 is 6.41. The number of hydrogen-bond donors (Lipinski definition) is 1.